The lowest BCUT2D eigenvalue weighted by atomic mass is 10.1. The van der Waals surface area contributed by atoms with Gasteiger partial charge in [0.25, 0.3) is 0 Å². The van der Waals surface area contributed by atoms with Crippen LogP contribution in [-0.2, 0) is 4.79 Å². The van der Waals surface area contributed by atoms with Crippen molar-refractivity contribution in [3.8, 4) is 0 Å². The Morgan fingerprint density at radius 1 is 0.800 bits per heavy atom. The highest BCUT2D eigenvalue weighted by molar-refractivity contribution is 5.99. The standard InChI is InChI=1S/C17H14N2O/c20-13-19(18-15-9-2-1-3-10-15)17-12-6-8-14-7-4-5-11-16(14)17/h1-13,18H. The number of benzene rings is 3. The van der Waals surface area contributed by atoms with Gasteiger partial charge in [-0.05, 0) is 23.6 Å². The van der Waals surface area contributed by atoms with Gasteiger partial charge in [0.1, 0.15) is 0 Å². The molecule has 3 rings (SSSR count). The maximum Gasteiger partial charge on any atom is 0.232 e. The maximum absolute atomic E-state index is 11.4. The maximum atomic E-state index is 11.4. The van der Waals surface area contributed by atoms with Crippen LogP contribution >= 0.6 is 0 Å². The summed E-state index contributed by atoms with van der Waals surface area (Å²) in [5.41, 5.74) is 4.81. The van der Waals surface area contributed by atoms with Gasteiger partial charge in [-0.2, -0.15) is 0 Å². The van der Waals surface area contributed by atoms with Crippen molar-refractivity contribution in [3.05, 3.63) is 72.8 Å². The summed E-state index contributed by atoms with van der Waals surface area (Å²) >= 11 is 0. The number of nitrogens with one attached hydrogen (secondary N) is 1. The predicted molar refractivity (Wildman–Crippen MR) is 82.6 cm³/mol. The molecule has 3 aromatic carbocycles. The average molecular weight is 262 g/mol. The van der Waals surface area contributed by atoms with E-state index in [9.17, 15) is 4.79 Å². The molecule has 3 nitrogen and oxygen atoms in total. The molecule has 0 bridgehead atoms. The zero-order chi connectivity index (χ0) is 13.8. The van der Waals surface area contributed by atoms with E-state index < -0.39 is 0 Å². The smallest absolute Gasteiger partial charge is 0.232 e. The van der Waals surface area contributed by atoms with Crippen LogP contribution in [0.3, 0.4) is 0 Å². The van der Waals surface area contributed by atoms with Crippen molar-refractivity contribution in [2.75, 3.05) is 10.4 Å². The molecule has 0 saturated carbocycles. The summed E-state index contributed by atoms with van der Waals surface area (Å²) in [4.78, 5) is 11.4. The van der Waals surface area contributed by atoms with Gasteiger partial charge in [0.05, 0.1) is 11.4 Å². The van der Waals surface area contributed by atoms with Gasteiger partial charge < -0.3 is 0 Å². The number of rotatable bonds is 4. The Bertz CT molecular complexity index is 720. The molecule has 0 heterocycles. The highest BCUT2D eigenvalue weighted by atomic mass is 16.1. The Labute approximate surface area is 117 Å². The molecule has 0 aliphatic rings. The fourth-order valence-corrected chi connectivity index (χ4v) is 2.21. The van der Waals surface area contributed by atoms with Crippen molar-refractivity contribution in [2.24, 2.45) is 0 Å². The highest BCUT2D eigenvalue weighted by Crippen LogP contribution is 2.26. The molecule has 0 spiro atoms. The van der Waals surface area contributed by atoms with E-state index in [0.29, 0.717) is 0 Å². The molecular formula is C17H14N2O. The largest absolute Gasteiger partial charge is 0.292 e. The second-order valence-electron chi connectivity index (χ2n) is 4.45. The van der Waals surface area contributed by atoms with Gasteiger partial charge in [-0.3, -0.25) is 10.2 Å². The molecule has 98 valence electrons. The number of carbonyl (C=O) groups is 1. The molecule has 3 heteroatoms. The van der Waals surface area contributed by atoms with E-state index in [1.165, 1.54) is 5.01 Å². The topological polar surface area (TPSA) is 32.3 Å². The van der Waals surface area contributed by atoms with Crippen LogP contribution in [0.5, 0.6) is 0 Å². The second kappa shape index (κ2) is 5.45. The molecule has 0 saturated heterocycles. The summed E-state index contributed by atoms with van der Waals surface area (Å²) in [6.07, 6.45) is 0.786. The van der Waals surface area contributed by atoms with Crippen molar-refractivity contribution in [3.63, 3.8) is 0 Å². The van der Waals surface area contributed by atoms with Crippen molar-refractivity contribution < 1.29 is 4.79 Å². The van der Waals surface area contributed by atoms with Gasteiger partial charge >= 0.3 is 0 Å². The van der Waals surface area contributed by atoms with Crippen LogP contribution in [0, 0.1) is 0 Å². The fourth-order valence-electron chi connectivity index (χ4n) is 2.21. The molecule has 0 unspecified atom stereocenters. The SMILES string of the molecule is O=CN(Nc1ccccc1)c1cccc2ccccc12. The summed E-state index contributed by atoms with van der Waals surface area (Å²) in [7, 11) is 0. The van der Waals surface area contributed by atoms with Crippen LogP contribution in [0.4, 0.5) is 11.4 Å². The first-order chi connectivity index (χ1) is 9.88. The first kappa shape index (κ1) is 12.2. The lowest BCUT2D eigenvalue weighted by Gasteiger charge is -2.21. The van der Waals surface area contributed by atoms with Crippen LogP contribution in [0.25, 0.3) is 10.8 Å². The highest BCUT2D eigenvalue weighted by Gasteiger charge is 2.08. The molecule has 0 atom stereocenters. The number of hydrazine groups is 1. The molecule has 0 aromatic heterocycles. The normalized spacial score (nSPS) is 10.2. The van der Waals surface area contributed by atoms with Crippen molar-refractivity contribution in [2.45, 2.75) is 0 Å². The fraction of sp³-hybridized carbons (Fsp3) is 0. The number of carbonyl (C=O) groups excluding carboxylic acids is 1. The molecule has 0 aliphatic heterocycles. The number of fused-ring (bicyclic) bond motifs is 1. The summed E-state index contributed by atoms with van der Waals surface area (Å²) < 4.78 is 0. The predicted octanol–water partition coefficient (Wildman–Crippen LogP) is 3.83. The van der Waals surface area contributed by atoms with Crippen molar-refractivity contribution >= 4 is 28.6 Å². The zero-order valence-electron chi connectivity index (χ0n) is 10.9. The van der Waals surface area contributed by atoms with Gasteiger partial charge in [-0.15, -0.1) is 0 Å². The number of hydrogen-bond donors (Lipinski definition) is 1. The molecule has 3 aromatic rings. The average Bonchev–Trinajstić information content (AvgIpc) is 2.53. The second-order valence-corrected chi connectivity index (χ2v) is 4.45. The summed E-state index contributed by atoms with van der Waals surface area (Å²) in [5, 5.41) is 3.63. The minimum absolute atomic E-state index is 0.786. The molecular weight excluding hydrogens is 248 g/mol. The summed E-state index contributed by atoms with van der Waals surface area (Å²) in [6.45, 7) is 0. The quantitative estimate of drug-likeness (QED) is 0.572. The minimum atomic E-state index is 0.786. The lowest BCUT2D eigenvalue weighted by Crippen LogP contribution is -2.28. The van der Waals surface area contributed by atoms with Gasteiger partial charge in [-0.25, -0.2) is 5.01 Å². The summed E-state index contributed by atoms with van der Waals surface area (Å²) in [6, 6.07) is 23.5. The monoisotopic (exact) mass is 262 g/mol. The number of anilines is 2. The number of hydrogen-bond acceptors (Lipinski definition) is 2. The molecule has 0 radical (unpaired) electrons. The zero-order valence-corrected chi connectivity index (χ0v) is 10.9. The van der Waals surface area contributed by atoms with Gasteiger partial charge in [0.2, 0.25) is 6.41 Å². The Morgan fingerprint density at radius 2 is 1.50 bits per heavy atom. The van der Waals surface area contributed by atoms with E-state index in [0.717, 1.165) is 28.6 Å². The molecule has 1 amide bonds. The van der Waals surface area contributed by atoms with E-state index in [-0.39, 0.29) is 0 Å². The Morgan fingerprint density at radius 3 is 2.30 bits per heavy atom. The Balaban J connectivity index is 2.01. The van der Waals surface area contributed by atoms with Gasteiger partial charge in [-0.1, -0.05) is 54.6 Å². The first-order valence-corrected chi connectivity index (χ1v) is 6.42. The van der Waals surface area contributed by atoms with Gasteiger partial charge in [0, 0.05) is 5.39 Å². The van der Waals surface area contributed by atoms with Crippen molar-refractivity contribution in [1.29, 1.82) is 0 Å². The van der Waals surface area contributed by atoms with E-state index >= 15 is 0 Å². The number of amides is 1. The lowest BCUT2D eigenvalue weighted by molar-refractivity contribution is -0.107. The third-order valence-electron chi connectivity index (χ3n) is 3.15. The summed E-state index contributed by atoms with van der Waals surface area (Å²) in [5.74, 6) is 0. The minimum Gasteiger partial charge on any atom is -0.292 e. The van der Waals surface area contributed by atoms with Crippen molar-refractivity contribution in [1.82, 2.24) is 0 Å². The number of nitrogens with zero attached hydrogens (tertiary/aromatic N) is 1. The van der Waals surface area contributed by atoms with Crippen LogP contribution in [-0.4, -0.2) is 6.41 Å². The third-order valence-corrected chi connectivity index (χ3v) is 3.15. The van der Waals surface area contributed by atoms with Crippen LogP contribution in [0.15, 0.2) is 72.8 Å². The van der Waals surface area contributed by atoms with Crippen LogP contribution < -0.4 is 10.4 Å². The van der Waals surface area contributed by atoms with Crippen LogP contribution in [0.1, 0.15) is 0 Å². The van der Waals surface area contributed by atoms with E-state index in [2.05, 4.69) is 5.43 Å². The van der Waals surface area contributed by atoms with E-state index in [1.54, 1.807) is 0 Å². The van der Waals surface area contributed by atoms with Gasteiger partial charge in [0.15, 0.2) is 0 Å². The van der Waals surface area contributed by atoms with Crippen LogP contribution in [0.2, 0.25) is 0 Å². The first-order valence-electron chi connectivity index (χ1n) is 6.42. The molecule has 1 N–H and O–H groups in total. The number of para-hydroxylation sites is 1. The van der Waals surface area contributed by atoms with E-state index in [1.807, 2.05) is 72.8 Å². The Kier molecular flexibility index (Phi) is 3.33. The third kappa shape index (κ3) is 2.34. The molecule has 20 heavy (non-hydrogen) atoms. The Hall–Kier alpha value is -2.81. The molecule has 0 fully saturated rings. The molecule has 0 aliphatic carbocycles. The van der Waals surface area contributed by atoms with E-state index in [4.69, 9.17) is 0 Å².